The highest BCUT2D eigenvalue weighted by atomic mass is 35.5. The Labute approximate surface area is 79.9 Å². The zero-order valence-corrected chi connectivity index (χ0v) is 8.73. The molecule has 0 amide bonds. The number of halogens is 2. The van der Waals surface area contributed by atoms with E-state index in [1.807, 2.05) is 0 Å². The molecule has 6 heteroatoms. The topological polar surface area (TPSA) is 66.9 Å². The van der Waals surface area contributed by atoms with Gasteiger partial charge in [-0.3, -0.25) is 4.78 Å². The van der Waals surface area contributed by atoms with Gasteiger partial charge in [0.1, 0.15) is 0 Å². The highest BCUT2D eigenvalue weighted by molar-refractivity contribution is 7.92. The summed E-state index contributed by atoms with van der Waals surface area (Å²) >= 11 is 0. The molecule has 1 atom stereocenters. The third-order valence-electron chi connectivity index (χ3n) is 1.77. The normalized spacial score (nSPS) is 33.6. The van der Waals surface area contributed by atoms with E-state index in [1.165, 1.54) is 6.26 Å². The van der Waals surface area contributed by atoms with E-state index in [0.717, 1.165) is 12.8 Å². The zero-order chi connectivity index (χ0) is 7.07. The summed E-state index contributed by atoms with van der Waals surface area (Å²) in [6.45, 7) is 0. The summed E-state index contributed by atoms with van der Waals surface area (Å²) in [5, 5.41) is 0.0764. The van der Waals surface area contributed by atoms with E-state index >= 15 is 0 Å². The van der Waals surface area contributed by atoms with Crippen LogP contribution < -0.4 is 5.73 Å². The standard InChI is InChI=1S/C5H12N2OS.2ClH/c1-9(7,8)5-2-4(6)3-5;;/h4-5,7H,2-3,6H2,1H3;2*1H. The van der Waals surface area contributed by atoms with Crippen LogP contribution in [0.5, 0.6) is 0 Å². The van der Waals surface area contributed by atoms with Crippen LogP contribution in [0.4, 0.5) is 0 Å². The smallest absolute Gasteiger partial charge is 0.0455 e. The van der Waals surface area contributed by atoms with E-state index in [-0.39, 0.29) is 36.1 Å². The van der Waals surface area contributed by atoms with E-state index in [9.17, 15) is 4.21 Å². The van der Waals surface area contributed by atoms with Crippen molar-refractivity contribution in [2.75, 3.05) is 6.26 Å². The highest BCUT2D eigenvalue weighted by Gasteiger charge is 2.31. The molecular weight excluding hydrogens is 207 g/mol. The lowest BCUT2D eigenvalue weighted by Crippen LogP contribution is -2.43. The number of nitrogens with one attached hydrogen (secondary N) is 1. The first-order valence-electron chi connectivity index (χ1n) is 2.98. The van der Waals surface area contributed by atoms with Gasteiger partial charge in [-0.25, -0.2) is 4.21 Å². The molecule has 0 aliphatic heterocycles. The summed E-state index contributed by atoms with van der Waals surface area (Å²) in [4.78, 5) is 0. The van der Waals surface area contributed by atoms with Gasteiger partial charge in [0.15, 0.2) is 0 Å². The van der Waals surface area contributed by atoms with Crippen LogP contribution in [0.1, 0.15) is 12.8 Å². The molecule has 1 fully saturated rings. The Morgan fingerprint density at radius 1 is 1.45 bits per heavy atom. The fourth-order valence-electron chi connectivity index (χ4n) is 0.974. The number of hydrogen-bond acceptors (Lipinski definition) is 3. The molecule has 0 aromatic rings. The third-order valence-corrected chi connectivity index (χ3v) is 3.42. The van der Waals surface area contributed by atoms with Gasteiger partial charge < -0.3 is 5.73 Å². The highest BCUT2D eigenvalue weighted by Crippen LogP contribution is 2.24. The van der Waals surface area contributed by atoms with Crippen molar-refractivity contribution in [3.8, 4) is 0 Å². The second kappa shape index (κ2) is 4.50. The van der Waals surface area contributed by atoms with Gasteiger partial charge in [-0.1, -0.05) is 0 Å². The molecule has 0 aromatic carbocycles. The molecule has 0 radical (unpaired) electrons. The molecular formula is C5H14Cl2N2OS. The van der Waals surface area contributed by atoms with Crippen molar-refractivity contribution >= 4 is 34.5 Å². The van der Waals surface area contributed by atoms with Gasteiger partial charge in [-0.05, 0) is 12.8 Å². The Hall–Kier alpha value is 0.490. The van der Waals surface area contributed by atoms with Crippen LogP contribution in [0.2, 0.25) is 0 Å². The molecule has 1 aliphatic carbocycles. The first-order valence-corrected chi connectivity index (χ1v) is 5.01. The molecule has 3 N–H and O–H groups in total. The van der Waals surface area contributed by atoms with Gasteiger partial charge in [0.05, 0.1) is 0 Å². The van der Waals surface area contributed by atoms with Crippen molar-refractivity contribution in [3.63, 3.8) is 0 Å². The molecule has 3 nitrogen and oxygen atoms in total. The van der Waals surface area contributed by atoms with E-state index in [0.29, 0.717) is 0 Å². The molecule has 0 spiro atoms. The largest absolute Gasteiger partial charge is 0.328 e. The lowest BCUT2D eigenvalue weighted by Gasteiger charge is -2.32. The molecule has 0 aromatic heterocycles. The van der Waals surface area contributed by atoms with Gasteiger partial charge in [0, 0.05) is 27.3 Å². The van der Waals surface area contributed by atoms with Gasteiger partial charge in [0.25, 0.3) is 0 Å². The monoisotopic (exact) mass is 220 g/mol. The lowest BCUT2D eigenvalue weighted by molar-refractivity contribution is 0.421. The van der Waals surface area contributed by atoms with Crippen molar-refractivity contribution in [2.24, 2.45) is 5.73 Å². The fourth-order valence-corrected chi connectivity index (χ4v) is 2.20. The Bertz CT molecular complexity index is 199. The molecule has 1 unspecified atom stereocenters. The molecule has 1 rings (SSSR count). The molecule has 0 bridgehead atoms. The molecule has 0 heterocycles. The van der Waals surface area contributed by atoms with Gasteiger partial charge in [-0.15, -0.1) is 24.8 Å². The summed E-state index contributed by atoms with van der Waals surface area (Å²) < 4.78 is 18.1. The zero-order valence-electron chi connectivity index (χ0n) is 6.28. The quantitative estimate of drug-likeness (QED) is 0.693. The van der Waals surface area contributed by atoms with Crippen molar-refractivity contribution in [2.45, 2.75) is 24.1 Å². The maximum absolute atomic E-state index is 10.9. The third kappa shape index (κ3) is 3.60. The predicted molar refractivity (Wildman–Crippen MR) is 52.3 cm³/mol. The van der Waals surface area contributed by atoms with Gasteiger partial charge in [0.2, 0.25) is 0 Å². The van der Waals surface area contributed by atoms with Crippen molar-refractivity contribution in [1.29, 1.82) is 4.78 Å². The number of hydrogen-bond donors (Lipinski definition) is 2. The average molecular weight is 221 g/mol. The minimum atomic E-state index is -2.28. The Kier molecular flexibility index (Phi) is 5.74. The van der Waals surface area contributed by atoms with Crippen LogP contribution in [0.25, 0.3) is 0 Å². The van der Waals surface area contributed by atoms with Crippen LogP contribution in [0.15, 0.2) is 0 Å². The Morgan fingerprint density at radius 2 is 1.82 bits per heavy atom. The van der Waals surface area contributed by atoms with E-state index < -0.39 is 9.73 Å². The van der Waals surface area contributed by atoms with Crippen LogP contribution in [-0.2, 0) is 9.73 Å². The summed E-state index contributed by atoms with van der Waals surface area (Å²) in [6, 6.07) is 0.209. The summed E-state index contributed by atoms with van der Waals surface area (Å²) in [7, 11) is -2.28. The number of nitrogens with two attached hydrogens (primary N) is 1. The average Bonchev–Trinajstić information content (AvgIpc) is 1.55. The maximum Gasteiger partial charge on any atom is 0.0455 e. The Balaban J connectivity index is 0. The SMILES string of the molecule is CS(=N)(=O)C1CC(N)C1.Cl.Cl. The first-order chi connectivity index (χ1) is 4.00. The second-order valence-electron chi connectivity index (χ2n) is 2.76. The molecule has 0 saturated heterocycles. The number of rotatable bonds is 1. The van der Waals surface area contributed by atoms with Crippen LogP contribution in [0, 0.1) is 4.78 Å². The summed E-state index contributed by atoms with van der Waals surface area (Å²) in [5.74, 6) is 0. The maximum atomic E-state index is 10.9. The van der Waals surface area contributed by atoms with Gasteiger partial charge >= 0.3 is 0 Å². The molecule has 1 saturated carbocycles. The van der Waals surface area contributed by atoms with Crippen molar-refractivity contribution in [1.82, 2.24) is 0 Å². The van der Waals surface area contributed by atoms with E-state index in [2.05, 4.69) is 0 Å². The molecule has 1 aliphatic rings. The van der Waals surface area contributed by atoms with Crippen LogP contribution >= 0.6 is 24.8 Å². The predicted octanol–water partition coefficient (Wildman–Crippen LogP) is 0.996. The van der Waals surface area contributed by atoms with Crippen molar-refractivity contribution in [3.05, 3.63) is 0 Å². The summed E-state index contributed by atoms with van der Waals surface area (Å²) in [5.41, 5.74) is 5.46. The summed E-state index contributed by atoms with van der Waals surface area (Å²) in [6.07, 6.45) is 3.04. The first kappa shape index (κ1) is 14.0. The van der Waals surface area contributed by atoms with Crippen LogP contribution in [0.3, 0.4) is 0 Å². The van der Waals surface area contributed by atoms with Crippen LogP contribution in [-0.4, -0.2) is 21.8 Å². The fraction of sp³-hybridized carbons (Fsp3) is 1.00. The lowest BCUT2D eigenvalue weighted by atomic mass is 9.94. The van der Waals surface area contributed by atoms with E-state index in [4.69, 9.17) is 10.5 Å². The molecule has 11 heavy (non-hydrogen) atoms. The van der Waals surface area contributed by atoms with Crippen molar-refractivity contribution < 1.29 is 4.21 Å². The minimum absolute atomic E-state index is 0. The molecule has 70 valence electrons. The minimum Gasteiger partial charge on any atom is -0.328 e. The van der Waals surface area contributed by atoms with Gasteiger partial charge in [-0.2, -0.15) is 0 Å². The second-order valence-corrected chi connectivity index (χ2v) is 5.23. The van der Waals surface area contributed by atoms with E-state index in [1.54, 1.807) is 0 Å². The Morgan fingerprint density at radius 3 is 1.91 bits per heavy atom.